The molecule has 4 heteroatoms. The standard InChI is InChI=1S/C15H21NO3/c1-4-19-15(16)12-7-5-6-11-10(12)8-9-13(17-2)14(11)18-3/h8-9,12,16H,4-7H2,1-3H3. The summed E-state index contributed by atoms with van der Waals surface area (Å²) in [4.78, 5) is 0. The molecule has 1 atom stereocenters. The lowest BCUT2D eigenvalue weighted by atomic mass is 9.82. The van der Waals surface area contributed by atoms with Crippen molar-refractivity contribution in [1.82, 2.24) is 0 Å². The molecule has 0 fully saturated rings. The minimum atomic E-state index is 0.0449. The Morgan fingerprint density at radius 3 is 2.74 bits per heavy atom. The van der Waals surface area contributed by atoms with Crippen LogP contribution in [0, 0.1) is 5.41 Å². The number of fused-ring (bicyclic) bond motifs is 1. The van der Waals surface area contributed by atoms with Crippen LogP contribution in [-0.4, -0.2) is 26.7 Å². The number of rotatable bonds is 4. The molecular weight excluding hydrogens is 242 g/mol. The Morgan fingerprint density at radius 2 is 2.11 bits per heavy atom. The van der Waals surface area contributed by atoms with E-state index in [1.165, 1.54) is 0 Å². The van der Waals surface area contributed by atoms with Gasteiger partial charge in [0.05, 0.1) is 26.7 Å². The van der Waals surface area contributed by atoms with Crippen molar-refractivity contribution >= 4 is 5.90 Å². The van der Waals surface area contributed by atoms with E-state index in [-0.39, 0.29) is 5.92 Å². The maximum absolute atomic E-state index is 8.05. The second-order valence-corrected chi connectivity index (χ2v) is 4.61. The van der Waals surface area contributed by atoms with E-state index in [1.807, 2.05) is 19.1 Å². The van der Waals surface area contributed by atoms with Crippen molar-refractivity contribution in [1.29, 1.82) is 5.41 Å². The van der Waals surface area contributed by atoms with Crippen LogP contribution >= 0.6 is 0 Å². The quantitative estimate of drug-likeness (QED) is 0.670. The van der Waals surface area contributed by atoms with Gasteiger partial charge in [-0.2, -0.15) is 0 Å². The van der Waals surface area contributed by atoms with Crippen molar-refractivity contribution < 1.29 is 14.2 Å². The van der Waals surface area contributed by atoms with Gasteiger partial charge in [-0.25, -0.2) is 0 Å². The summed E-state index contributed by atoms with van der Waals surface area (Å²) in [6.07, 6.45) is 2.96. The van der Waals surface area contributed by atoms with E-state index in [9.17, 15) is 0 Å². The zero-order chi connectivity index (χ0) is 13.8. The van der Waals surface area contributed by atoms with Crippen LogP contribution in [0.3, 0.4) is 0 Å². The minimum Gasteiger partial charge on any atom is -0.493 e. The zero-order valence-corrected chi connectivity index (χ0v) is 11.8. The third-order valence-corrected chi connectivity index (χ3v) is 3.60. The first-order chi connectivity index (χ1) is 9.22. The third kappa shape index (κ3) is 2.53. The second kappa shape index (κ2) is 5.95. The molecule has 1 unspecified atom stereocenters. The molecule has 0 radical (unpaired) electrons. The van der Waals surface area contributed by atoms with E-state index in [0.717, 1.165) is 41.9 Å². The van der Waals surface area contributed by atoms with Crippen molar-refractivity contribution in [3.05, 3.63) is 23.3 Å². The van der Waals surface area contributed by atoms with Crippen molar-refractivity contribution in [2.75, 3.05) is 20.8 Å². The number of benzene rings is 1. The van der Waals surface area contributed by atoms with Gasteiger partial charge in [-0.05, 0) is 37.8 Å². The zero-order valence-electron chi connectivity index (χ0n) is 11.8. The predicted molar refractivity (Wildman–Crippen MR) is 74.6 cm³/mol. The highest BCUT2D eigenvalue weighted by atomic mass is 16.5. The minimum absolute atomic E-state index is 0.0449. The van der Waals surface area contributed by atoms with Crippen LogP contribution in [0.4, 0.5) is 0 Å². The van der Waals surface area contributed by atoms with Gasteiger partial charge >= 0.3 is 0 Å². The Kier molecular flexibility index (Phi) is 4.30. The van der Waals surface area contributed by atoms with Crippen molar-refractivity contribution in [3.8, 4) is 11.5 Å². The molecule has 4 nitrogen and oxygen atoms in total. The van der Waals surface area contributed by atoms with Crippen LogP contribution in [0.2, 0.25) is 0 Å². The highest BCUT2D eigenvalue weighted by Gasteiger charge is 2.28. The molecule has 0 amide bonds. The first-order valence-electron chi connectivity index (χ1n) is 6.67. The number of methoxy groups -OCH3 is 2. The monoisotopic (exact) mass is 263 g/mol. The Bertz CT molecular complexity index is 471. The SMILES string of the molecule is CCOC(=N)C1CCCc2c1ccc(OC)c2OC. The summed E-state index contributed by atoms with van der Waals surface area (Å²) in [5.41, 5.74) is 2.30. The Hall–Kier alpha value is -1.71. The molecule has 104 valence electrons. The molecule has 2 rings (SSSR count). The van der Waals surface area contributed by atoms with Crippen LogP contribution in [0.5, 0.6) is 11.5 Å². The molecule has 19 heavy (non-hydrogen) atoms. The first-order valence-corrected chi connectivity index (χ1v) is 6.67. The van der Waals surface area contributed by atoms with Crippen molar-refractivity contribution in [2.45, 2.75) is 32.1 Å². The average molecular weight is 263 g/mol. The van der Waals surface area contributed by atoms with Gasteiger partial charge in [0, 0.05) is 5.56 Å². The summed E-state index contributed by atoms with van der Waals surface area (Å²) in [6.45, 7) is 2.45. The molecule has 1 aliphatic carbocycles. The summed E-state index contributed by atoms with van der Waals surface area (Å²) < 4.78 is 16.2. The molecule has 1 aromatic carbocycles. The van der Waals surface area contributed by atoms with Gasteiger partial charge in [0.25, 0.3) is 0 Å². The van der Waals surface area contributed by atoms with E-state index in [0.29, 0.717) is 12.5 Å². The lowest BCUT2D eigenvalue weighted by Crippen LogP contribution is -2.21. The van der Waals surface area contributed by atoms with E-state index in [4.69, 9.17) is 19.6 Å². The maximum Gasteiger partial charge on any atom is 0.188 e. The summed E-state index contributed by atoms with van der Waals surface area (Å²) in [5.74, 6) is 1.96. The Morgan fingerprint density at radius 1 is 1.32 bits per heavy atom. The Labute approximate surface area is 114 Å². The van der Waals surface area contributed by atoms with Gasteiger partial charge < -0.3 is 14.2 Å². The topological polar surface area (TPSA) is 51.5 Å². The number of ether oxygens (including phenoxy) is 3. The van der Waals surface area contributed by atoms with Gasteiger partial charge in [0.2, 0.25) is 0 Å². The Balaban J connectivity index is 2.42. The van der Waals surface area contributed by atoms with Crippen LogP contribution in [0.1, 0.15) is 36.8 Å². The lowest BCUT2D eigenvalue weighted by molar-refractivity contribution is 0.302. The highest BCUT2D eigenvalue weighted by molar-refractivity contribution is 5.82. The second-order valence-electron chi connectivity index (χ2n) is 4.61. The molecule has 0 spiro atoms. The van der Waals surface area contributed by atoms with Crippen LogP contribution < -0.4 is 9.47 Å². The van der Waals surface area contributed by atoms with E-state index in [2.05, 4.69) is 0 Å². The lowest BCUT2D eigenvalue weighted by Gasteiger charge is -2.27. The molecule has 1 N–H and O–H groups in total. The van der Waals surface area contributed by atoms with Gasteiger partial charge in [-0.3, -0.25) is 5.41 Å². The van der Waals surface area contributed by atoms with E-state index >= 15 is 0 Å². The van der Waals surface area contributed by atoms with Crippen LogP contribution in [0.15, 0.2) is 12.1 Å². The molecule has 1 aromatic rings. The molecule has 0 aromatic heterocycles. The molecule has 1 aliphatic rings. The largest absolute Gasteiger partial charge is 0.493 e. The normalized spacial score (nSPS) is 17.5. The average Bonchev–Trinajstić information content (AvgIpc) is 2.45. The van der Waals surface area contributed by atoms with Crippen molar-refractivity contribution in [2.24, 2.45) is 0 Å². The molecule has 0 bridgehead atoms. The fourth-order valence-corrected chi connectivity index (χ4v) is 2.76. The summed E-state index contributed by atoms with van der Waals surface area (Å²) in [6, 6.07) is 3.95. The van der Waals surface area contributed by atoms with Crippen molar-refractivity contribution in [3.63, 3.8) is 0 Å². The first kappa shape index (κ1) is 13.7. The van der Waals surface area contributed by atoms with Gasteiger partial charge in [0.15, 0.2) is 17.4 Å². The molecule has 0 saturated carbocycles. The summed E-state index contributed by atoms with van der Waals surface area (Å²) in [7, 11) is 3.31. The van der Waals surface area contributed by atoms with E-state index < -0.39 is 0 Å². The number of hydrogen-bond donors (Lipinski definition) is 1. The van der Waals surface area contributed by atoms with Crippen LogP contribution in [-0.2, 0) is 11.2 Å². The van der Waals surface area contributed by atoms with Crippen LogP contribution in [0.25, 0.3) is 0 Å². The highest BCUT2D eigenvalue weighted by Crippen LogP contribution is 2.42. The summed E-state index contributed by atoms with van der Waals surface area (Å²) >= 11 is 0. The van der Waals surface area contributed by atoms with Gasteiger partial charge in [-0.1, -0.05) is 6.07 Å². The third-order valence-electron chi connectivity index (χ3n) is 3.60. The molecule has 0 heterocycles. The number of hydrogen-bond acceptors (Lipinski definition) is 4. The van der Waals surface area contributed by atoms with E-state index in [1.54, 1.807) is 14.2 Å². The van der Waals surface area contributed by atoms with Gasteiger partial charge in [0.1, 0.15) is 0 Å². The number of nitrogens with one attached hydrogen (secondary N) is 1. The fourth-order valence-electron chi connectivity index (χ4n) is 2.76. The molecular formula is C15H21NO3. The van der Waals surface area contributed by atoms with Gasteiger partial charge in [-0.15, -0.1) is 0 Å². The maximum atomic E-state index is 8.05. The fraction of sp³-hybridized carbons (Fsp3) is 0.533. The smallest absolute Gasteiger partial charge is 0.188 e. The molecule has 0 aliphatic heterocycles. The molecule has 0 saturated heterocycles. The predicted octanol–water partition coefficient (Wildman–Crippen LogP) is 3.14. The summed E-state index contributed by atoms with van der Waals surface area (Å²) in [5, 5.41) is 8.05.